The predicted octanol–water partition coefficient (Wildman–Crippen LogP) is 3.34. The Labute approximate surface area is 104 Å². The maximum atomic E-state index is 13.6. The van der Waals surface area contributed by atoms with Crippen LogP contribution in [0.3, 0.4) is 0 Å². The summed E-state index contributed by atoms with van der Waals surface area (Å²) in [5, 5.41) is 11.5. The van der Waals surface area contributed by atoms with E-state index in [1.807, 2.05) is 0 Å². The molecule has 0 atom stereocenters. The van der Waals surface area contributed by atoms with Crippen molar-refractivity contribution in [2.24, 2.45) is 0 Å². The Bertz CT molecular complexity index is 742. The normalized spacial score (nSPS) is 11.0. The maximum Gasteiger partial charge on any atom is 0.232 e. The quantitative estimate of drug-likeness (QED) is 0.733. The van der Waals surface area contributed by atoms with Gasteiger partial charge in [0, 0.05) is 6.07 Å². The Kier molecular flexibility index (Phi) is 2.45. The minimum absolute atomic E-state index is 0.0379. The third-order valence-electron chi connectivity index (χ3n) is 2.46. The van der Waals surface area contributed by atoms with Crippen LogP contribution in [0.2, 0.25) is 0 Å². The fraction of sp³-hybridized carbons (Fsp3) is 0. The highest BCUT2D eigenvalue weighted by Crippen LogP contribution is 2.30. The van der Waals surface area contributed by atoms with Gasteiger partial charge in [0.1, 0.15) is 16.3 Å². The smallest absolute Gasteiger partial charge is 0.232 e. The van der Waals surface area contributed by atoms with E-state index < -0.39 is 11.6 Å². The molecule has 2 aromatic heterocycles. The number of aromatic hydroxyl groups is 1. The van der Waals surface area contributed by atoms with Gasteiger partial charge in [-0.3, -0.25) is 0 Å². The van der Waals surface area contributed by atoms with Crippen LogP contribution in [0.4, 0.5) is 8.78 Å². The number of benzene rings is 1. The first kappa shape index (κ1) is 11.0. The van der Waals surface area contributed by atoms with Crippen LogP contribution in [0.25, 0.3) is 21.6 Å². The second-order valence-corrected chi connectivity index (χ2v) is 4.55. The van der Waals surface area contributed by atoms with Crippen molar-refractivity contribution >= 4 is 21.6 Å². The highest BCUT2D eigenvalue weighted by atomic mass is 32.1. The molecule has 0 aliphatic carbocycles. The SMILES string of the molecule is Oc1nc(-c2ccc(F)cc2F)nc2ccsc12. The van der Waals surface area contributed by atoms with Crippen LogP contribution in [0.15, 0.2) is 29.6 Å². The largest absolute Gasteiger partial charge is 0.492 e. The molecule has 90 valence electrons. The van der Waals surface area contributed by atoms with Crippen LogP contribution in [0.1, 0.15) is 0 Å². The van der Waals surface area contributed by atoms with Crippen molar-refractivity contribution in [3.05, 3.63) is 41.3 Å². The molecule has 3 rings (SSSR count). The summed E-state index contributed by atoms with van der Waals surface area (Å²) in [4.78, 5) is 7.96. The number of fused-ring (bicyclic) bond motifs is 1. The highest BCUT2D eigenvalue weighted by molar-refractivity contribution is 7.17. The summed E-state index contributed by atoms with van der Waals surface area (Å²) in [6, 6.07) is 4.83. The lowest BCUT2D eigenvalue weighted by Gasteiger charge is -2.03. The molecule has 18 heavy (non-hydrogen) atoms. The van der Waals surface area contributed by atoms with Gasteiger partial charge in [-0.25, -0.2) is 13.8 Å². The average molecular weight is 264 g/mol. The van der Waals surface area contributed by atoms with Gasteiger partial charge in [0.2, 0.25) is 5.88 Å². The molecule has 3 aromatic rings. The topological polar surface area (TPSA) is 46.0 Å². The van der Waals surface area contributed by atoms with E-state index in [1.54, 1.807) is 11.4 Å². The van der Waals surface area contributed by atoms with Gasteiger partial charge in [0.25, 0.3) is 0 Å². The van der Waals surface area contributed by atoms with E-state index in [4.69, 9.17) is 0 Å². The van der Waals surface area contributed by atoms with Gasteiger partial charge in [-0.1, -0.05) is 0 Å². The average Bonchev–Trinajstić information content (AvgIpc) is 2.77. The summed E-state index contributed by atoms with van der Waals surface area (Å²) in [5.41, 5.74) is 0.589. The lowest BCUT2D eigenvalue weighted by molar-refractivity contribution is 0.461. The van der Waals surface area contributed by atoms with Gasteiger partial charge in [-0.15, -0.1) is 11.3 Å². The number of hydrogen-bond acceptors (Lipinski definition) is 4. The van der Waals surface area contributed by atoms with E-state index in [0.717, 1.165) is 12.1 Å². The van der Waals surface area contributed by atoms with Crippen LogP contribution in [-0.4, -0.2) is 15.1 Å². The Morgan fingerprint density at radius 3 is 2.72 bits per heavy atom. The van der Waals surface area contributed by atoms with E-state index in [2.05, 4.69) is 9.97 Å². The summed E-state index contributed by atoms with van der Waals surface area (Å²) in [7, 11) is 0. The molecular formula is C12H6F2N2OS. The monoisotopic (exact) mass is 264 g/mol. The van der Waals surface area contributed by atoms with Crippen molar-refractivity contribution in [2.45, 2.75) is 0 Å². The second kappa shape index (κ2) is 3.99. The van der Waals surface area contributed by atoms with Crippen molar-refractivity contribution in [1.82, 2.24) is 9.97 Å². The van der Waals surface area contributed by atoms with Crippen molar-refractivity contribution in [1.29, 1.82) is 0 Å². The van der Waals surface area contributed by atoms with Gasteiger partial charge >= 0.3 is 0 Å². The van der Waals surface area contributed by atoms with Crippen LogP contribution in [0, 0.1) is 11.6 Å². The van der Waals surface area contributed by atoms with Crippen LogP contribution >= 0.6 is 11.3 Å². The van der Waals surface area contributed by atoms with Crippen molar-refractivity contribution in [2.75, 3.05) is 0 Å². The van der Waals surface area contributed by atoms with Crippen LogP contribution in [0.5, 0.6) is 5.88 Å². The zero-order valence-corrected chi connectivity index (χ0v) is 9.71. The molecule has 3 nitrogen and oxygen atoms in total. The lowest BCUT2D eigenvalue weighted by Crippen LogP contribution is -1.93. The number of rotatable bonds is 1. The summed E-state index contributed by atoms with van der Waals surface area (Å²) in [6.07, 6.45) is 0. The van der Waals surface area contributed by atoms with Gasteiger partial charge in [-0.05, 0) is 23.6 Å². The van der Waals surface area contributed by atoms with E-state index in [0.29, 0.717) is 10.2 Å². The molecule has 1 aromatic carbocycles. The number of thiophene rings is 1. The zero-order chi connectivity index (χ0) is 12.7. The van der Waals surface area contributed by atoms with Crippen LogP contribution in [-0.2, 0) is 0 Å². The van der Waals surface area contributed by atoms with Gasteiger partial charge in [0.05, 0.1) is 11.1 Å². The lowest BCUT2D eigenvalue weighted by atomic mass is 10.2. The van der Waals surface area contributed by atoms with Crippen LogP contribution < -0.4 is 0 Å². The maximum absolute atomic E-state index is 13.6. The molecule has 2 heterocycles. The number of nitrogens with zero attached hydrogens (tertiary/aromatic N) is 2. The molecule has 0 amide bonds. The minimum Gasteiger partial charge on any atom is -0.492 e. The Balaban J connectivity index is 2.24. The number of hydrogen-bond donors (Lipinski definition) is 1. The number of aromatic nitrogens is 2. The predicted molar refractivity (Wildman–Crippen MR) is 64.4 cm³/mol. The first-order chi connectivity index (χ1) is 8.65. The third-order valence-corrected chi connectivity index (χ3v) is 3.36. The van der Waals surface area contributed by atoms with Gasteiger partial charge in [-0.2, -0.15) is 4.98 Å². The molecule has 0 unspecified atom stereocenters. The van der Waals surface area contributed by atoms with Gasteiger partial charge < -0.3 is 5.11 Å². The molecule has 0 saturated carbocycles. The molecule has 0 spiro atoms. The fourth-order valence-electron chi connectivity index (χ4n) is 1.64. The summed E-state index contributed by atoms with van der Waals surface area (Å²) < 4.78 is 27.0. The zero-order valence-electron chi connectivity index (χ0n) is 8.89. The molecule has 6 heteroatoms. The minimum atomic E-state index is -0.760. The fourth-order valence-corrected chi connectivity index (χ4v) is 2.36. The summed E-state index contributed by atoms with van der Waals surface area (Å²) in [5.74, 6) is -1.59. The van der Waals surface area contributed by atoms with E-state index >= 15 is 0 Å². The Hall–Kier alpha value is -2.08. The van der Waals surface area contributed by atoms with E-state index in [9.17, 15) is 13.9 Å². The molecule has 0 bridgehead atoms. The summed E-state index contributed by atoms with van der Waals surface area (Å²) in [6.45, 7) is 0. The molecule has 0 saturated heterocycles. The standard InChI is InChI=1S/C12H6F2N2OS/c13-6-1-2-7(8(14)5-6)11-15-9-3-4-18-10(9)12(17)16-11/h1-5H,(H,15,16,17). The summed E-state index contributed by atoms with van der Waals surface area (Å²) >= 11 is 1.30. The second-order valence-electron chi connectivity index (χ2n) is 3.63. The molecule has 0 aliphatic heterocycles. The van der Waals surface area contributed by atoms with Crippen molar-refractivity contribution in [3.63, 3.8) is 0 Å². The van der Waals surface area contributed by atoms with Crippen molar-refractivity contribution < 1.29 is 13.9 Å². The first-order valence-corrected chi connectivity index (χ1v) is 5.93. The third kappa shape index (κ3) is 1.70. The highest BCUT2D eigenvalue weighted by Gasteiger charge is 2.13. The molecular weight excluding hydrogens is 258 g/mol. The molecule has 1 N–H and O–H groups in total. The Morgan fingerprint density at radius 1 is 1.11 bits per heavy atom. The molecule has 0 radical (unpaired) electrons. The first-order valence-electron chi connectivity index (χ1n) is 5.05. The number of halogens is 2. The van der Waals surface area contributed by atoms with Crippen molar-refractivity contribution in [3.8, 4) is 17.3 Å². The van der Waals surface area contributed by atoms with Gasteiger partial charge in [0.15, 0.2) is 5.82 Å². The Morgan fingerprint density at radius 2 is 1.94 bits per heavy atom. The van der Waals surface area contributed by atoms with E-state index in [-0.39, 0.29) is 17.3 Å². The van der Waals surface area contributed by atoms with E-state index in [1.165, 1.54) is 17.4 Å². The molecule has 0 aliphatic rings. The molecule has 0 fully saturated rings.